The van der Waals surface area contributed by atoms with E-state index in [0.29, 0.717) is 12.2 Å². The Balaban J connectivity index is 2.05. The third-order valence-electron chi connectivity index (χ3n) is 3.56. The lowest BCUT2D eigenvalue weighted by Crippen LogP contribution is -2.48. The summed E-state index contributed by atoms with van der Waals surface area (Å²) in [5.41, 5.74) is 0.359. The first-order chi connectivity index (χ1) is 9.63. The molecule has 1 atom stereocenters. The van der Waals surface area contributed by atoms with Crippen LogP contribution >= 0.6 is 11.6 Å². The zero-order valence-electron chi connectivity index (χ0n) is 11.4. The first kappa shape index (κ1) is 14.8. The Kier molecular flexibility index (Phi) is 4.95. The van der Waals surface area contributed by atoms with E-state index in [0.717, 1.165) is 25.7 Å². The molecule has 1 N–H and O–H groups in total. The summed E-state index contributed by atoms with van der Waals surface area (Å²) >= 11 is 5.86. The lowest BCUT2D eigenvalue weighted by Gasteiger charge is -2.34. The number of likely N-dealkylation sites (tertiary alicyclic amines) is 1. The maximum absolute atomic E-state index is 12.2. The molecule has 0 bridgehead atoms. The molecular weight excluding hydrogens is 278 g/mol. The molecule has 0 saturated carbocycles. The SMILES string of the molecule is CCC1CCCCN1C(=O)C(=O)Nc1cccnc1Cl. The van der Waals surface area contributed by atoms with E-state index in [1.165, 1.54) is 6.20 Å². The molecule has 0 spiro atoms. The average Bonchev–Trinajstić information content (AvgIpc) is 2.48. The lowest BCUT2D eigenvalue weighted by molar-refractivity contribution is -0.145. The van der Waals surface area contributed by atoms with E-state index in [1.807, 2.05) is 6.92 Å². The van der Waals surface area contributed by atoms with E-state index in [9.17, 15) is 9.59 Å². The summed E-state index contributed by atoms with van der Waals surface area (Å²) in [5.74, 6) is -1.14. The fraction of sp³-hybridized carbons (Fsp3) is 0.500. The predicted octanol–water partition coefficient (Wildman–Crippen LogP) is 2.46. The number of pyridine rings is 1. The average molecular weight is 296 g/mol. The van der Waals surface area contributed by atoms with Gasteiger partial charge in [-0.2, -0.15) is 0 Å². The van der Waals surface area contributed by atoms with E-state index < -0.39 is 11.8 Å². The van der Waals surface area contributed by atoms with Crippen LogP contribution in [0.1, 0.15) is 32.6 Å². The van der Waals surface area contributed by atoms with Crippen molar-refractivity contribution in [2.24, 2.45) is 0 Å². The van der Waals surface area contributed by atoms with Crippen LogP contribution in [0.3, 0.4) is 0 Å². The van der Waals surface area contributed by atoms with Crippen molar-refractivity contribution in [1.29, 1.82) is 0 Å². The van der Waals surface area contributed by atoms with Crippen molar-refractivity contribution < 1.29 is 9.59 Å². The van der Waals surface area contributed by atoms with Gasteiger partial charge in [0.15, 0.2) is 5.15 Å². The third-order valence-corrected chi connectivity index (χ3v) is 3.86. The van der Waals surface area contributed by atoms with Gasteiger partial charge in [-0.15, -0.1) is 0 Å². The van der Waals surface area contributed by atoms with Gasteiger partial charge in [-0.25, -0.2) is 4.98 Å². The molecular formula is C14H18ClN3O2. The standard InChI is InChI=1S/C14H18ClN3O2/c1-2-10-6-3-4-9-18(10)14(20)13(19)17-11-7-5-8-16-12(11)15/h5,7-8,10H,2-4,6,9H2,1H3,(H,17,19). The van der Waals surface area contributed by atoms with E-state index in [4.69, 9.17) is 11.6 Å². The molecule has 0 radical (unpaired) electrons. The Hall–Kier alpha value is -1.62. The van der Waals surface area contributed by atoms with Crippen molar-refractivity contribution in [2.45, 2.75) is 38.6 Å². The number of aromatic nitrogens is 1. The second kappa shape index (κ2) is 6.70. The molecule has 1 aromatic heterocycles. The molecule has 1 saturated heterocycles. The summed E-state index contributed by atoms with van der Waals surface area (Å²) in [6, 6.07) is 3.43. The van der Waals surface area contributed by atoms with Gasteiger partial charge >= 0.3 is 11.8 Å². The van der Waals surface area contributed by atoms with Crippen LogP contribution in [0.25, 0.3) is 0 Å². The van der Waals surface area contributed by atoms with E-state index in [-0.39, 0.29) is 11.2 Å². The Morgan fingerprint density at radius 1 is 1.50 bits per heavy atom. The molecule has 1 unspecified atom stereocenters. The fourth-order valence-electron chi connectivity index (χ4n) is 2.48. The molecule has 1 aliphatic rings. The largest absolute Gasteiger partial charge is 0.331 e. The van der Waals surface area contributed by atoms with Crippen molar-refractivity contribution in [3.05, 3.63) is 23.5 Å². The van der Waals surface area contributed by atoms with E-state index in [2.05, 4.69) is 10.3 Å². The van der Waals surface area contributed by atoms with Crippen LogP contribution in [-0.2, 0) is 9.59 Å². The molecule has 108 valence electrons. The van der Waals surface area contributed by atoms with Crippen LogP contribution in [0.2, 0.25) is 5.15 Å². The number of carbonyl (C=O) groups excluding carboxylic acids is 2. The highest BCUT2D eigenvalue weighted by Crippen LogP contribution is 2.21. The summed E-state index contributed by atoms with van der Waals surface area (Å²) in [6.07, 6.45) is 5.41. The smallest absolute Gasteiger partial charge is 0.313 e. The zero-order valence-corrected chi connectivity index (χ0v) is 12.2. The molecule has 0 aromatic carbocycles. The number of nitrogens with one attached hydrogen (secondary N) is 1. The van der Waals surface area contributed by atoms with Crippen LogP contribution in [0.15, 0.2) is 18.3 Å². The number of carbonyl (C=O) groups is 2. The first-order valence-corrected chi connectivity index (χ1v) is 7.23. The van der Waals surface area contributed by atoms with E-state index in [1.54, 1.807) is 17.0 Å². The number of amides is 2. The minimum Gasteiger partial charge on any atom is -0.331 e. The molecule has 0 aliphatic carbocycles. The number of nitrogens with zero attached hydrogens (tertiary/aromatic N) is 2. The van der Waals surface area contributed by atoms with Crippen LogP contribution in [0.4, 0.5) is 5.69 Å². The Morgan fingerprint density at radius 3 is 3.00 bits per heavy atom. The second-order valence-electron chi connectivity index (χ2n) is 4.85. The highest BCUT2D eigenvalue weighted by Gasteiger charge is 2.29. The summed E-state index contributed by atoms with van der Waals surface area (Å²) in [7, 11) is 0. The van der Waals surface area contributed by atoms with Gasteiger partial charge in [-0.3, -0.25) is 9.59 Å². The third kappa shape index (κ3) is 3.28. The number of halogens is 1. The highest BCUT2D eigenvalue weighted by molar-refractivity contribution is 6.41. The van der Waals surface area contributed by atoms with Crippen molar-refractivity contribution in [3.8, 4) is 0 Å². The maximum atomic E-state index is 12.2. The fourth-order valence-corrected chi connectivity index (χ4v) is 2.64. The van der Waals surface area contributed by atoms with Crippen LogP contribution in [0.5, 0.6) is 0 Å². The predicted molar refractivity (Wildman–Crippen MR) is 77.5 cm³/mol. The lowest BCUT2D eigenvalue weighted by atomic mass is 10.00. The molecule has 1 fully saturated rings. The van der Waals surface area contributed by atoms with Crippen LogP contribution in [0, 0.1) is 0 Å². The Morgan fingerprint density at radius 2 is 2.30 bits per heavy atom. The Labute approximate surface area is 123 Å². The van der Waals surface area contributed by atoms with Gasteiger partial charge in [0.05, 0.1) is 5.69 Å². The number of hydrogen-bond donors (Lipinski definition) is 1. The van der Waals surface area contributed by atoms with Gasteiger partial charge in [0.2, 0.25) is 0 Å². The minimum absolute atomic E-state index is 0.159. The summed E-state index contributed by atoms with van der Waals surface area (Å²) in [6.45, 7) is 2.68. The number of anilines is 1. The number of rotatable bonds is 2. The molecule has 20 heavy (non-hydrogen) atoms. The zero-order chi connectivity index (χ0) is 14.5. The van der Waals surface area contributed by atoms with Gasteiger partial charge in [0.1, 0.15) is 0 Å². The Bertz CT molecular complexity index is 507. The number of piperidine rings is 1. The molecule has 2 heterocycles. The molecule has 5 nitrogen and oxygen atoms in total. The topological polar surface area (TPSA) is 62.3 Å². The molecule has 6 heteroatoms. The molecule has 1 aromatic rings. The van der Waals surface area contributed by atoms with Crippen molar-refractivity contribution >= 4 is 29.1 Å². The normalized spacial score (nSPS) is 18.7. The number of hydrogen-bond acceptors (Lipinski definition) is 3. The second-order valence-corrected chi connectivity index (χ2v) is 5.21. The summed E-state index contributed by atoms with van der Waals surface area (Å²) in [5, 5.41) is 2.71. The molecule has 1 aliphatic heterocycles. The highest BCUT2D eigenvalue weighted by atomic mass is 35.5. The van der Waals surface area contributed by atoms with Gasteiger partial charge < -0.3 is 10.2 Å². The van der Waals surface area contributed by atoms with Gasteiger partial charge in [-0.05, 0) is 37.8 Å². The minimum atomic E-state index is -0.653. The maximum Gasteiger partial charge on any atom is 0.313 e. The molecule has 2 rings (SSSR count). The van der Waals surface area contributed by atoms with Gasteiger partial charge in [0, 0.05) is 18.8 Å². The summed E-state index contributed by atoms with van der Waals surface area (Å²) in [4.78, 5) is 29.8. The van der Waals surface area contributed by atoms with Gasteiger partial charge in [-0.1, -0.05) is 18.5 Å². The quantitative estimate of drug-likeness (QED) is 0.673. The van der Waals surface area contributed by atoms with Crippen LogP contribution in [-0.4, -0.2) is 34.3 Å². The molecule has 2 amide bonds. The monoisotopic (exact) mass is 295 g/mol. The van der Waals surface area contributed by atoms with Crippen molar-refractivity contribution in [3.63, 3.8) is 0 Å². The first-order valence-electron chi connectivity index (χ1n) is 6.86. The van der Waals surface area contributed by atoms with Crippen molar-refractivity contribution in [1.82, 2.24) is 9.88 Å². The van der Waals surface area contributed by atoms with Crippen LogP contribution < -0.4 is 5.32 Å². The van der Waals surface area contributed by atoms with Crippen molar-refractivity contribution in [2.75, 3.05) is 11.9 Å². The van der Waals surface area contributed by atoms with E-state index >= 15 is 0 Å². The van der Waals surface area contributed by atoms with Gasteiger partial charge in [0.25, 0.3) is 0 Å². The summed E-state index contributed by atoms with van der Waals surface area (Å²) < 4.78 is 0.